The van der Waals surface area contributed by atoms with Crippen LogP contribution in [0.5, 0.6) is 0 Å². The van der Waals surface area contributed by atoms with Gasteiger partial charge in [-0.25, -0.2) is 13.4 Å². The number of hydrogen-bond acceptors (Lipinski definition) is 4. The Morgan fingerprint density at radius 3 is 1.45 bits per heavy atom. The molecule has 1 fully saturated rings. The van der Waals surface area contributed by atoms with Crippen LogP contribution < -0.4 is 0 Å². The van der Waals surface area contributed by atoms with Gasteiger partial charge < -0.3 is 4.55 Å². The molecule has 0 N–H and O–H groups in total. The van der Waals surface area contributed by atoms with Crippen LogP contribution >= 0.6 is 21.9 Å². The van der Waals surface area contributed by atoms with Crippen molar-refractivity contribution in [3.05, 3.63) is 0 Å². The molecule has 11 heteroatoms. The maximum absolute atomic E-state index is 10.7. The molecule has 0 aromatic rings. The van der Waals surface area contributed by atoms with Crippen LogP contribution in [0.3, 0.4) is 0 Å². The second-order valence-electron chi connectivity index (χ2n) is 10.5. The molecular weight excluding hydrogens is 460 g/mol. The molecule has 0 amide bonds. The van der Waals surface area contributed by atoms with Crippen molar-refractivity contribution in [2.75, 3.05) is 6.66 Å². The lowest BCUT2D eigenvalue weighted by atomic mass is 10.3. The Morgan fingerprint density at radius 2 is 1.28 bits per heavy atom. The van der Waals surface area contributed by atoms with Crippen LogP contribution in [0.25, 0.3) is 0 Å². The van der Waals surface area contributed by atoms with E-state index in [0.29, 0.717) is 21.5 Å². The Hall–Kier alpha value is 0.660. The Balaban J connectivity index is 0.000000828. The van der Waals surface area contributed by atoms with Crippen molar-refractivity contribution in [2.45, 2.75) is 103 Å². The lowest BCUT2D eigenvalue weighted by molar-refractivity contribution is -0.0517. The van der Waals surface area contributed by atoms with E-state index in [1.165, 1.54) is 0 Å². The summed E-state index contributed by atoms with van der Waals surface area (Å²) in [5, 5.41) is 2.91. The van der Waals surface area contributed by atoms with Crippen molar-refractivity contribution in [2.24, 2.45) is 4.99 Å². The Bertz CT molecular complexity index is 718. The minimum absolute atomic E-state index is 0.0514. The van der Waals surface area contributed by atoms with Gasteiger partial charge in [-0.15, -0.1) is 0 Å². The molecule has 174 valence electrons. The highest BCUT2D eigenvalue weighted by molar-refractivity contribution is 8.86. The summed E-state index contributed by atoms with van der Waals surface area (Å²) in [6.07, 6.45) is 0. The van der Waals surface area contributed by atoms with Gasteiger partial charge in [0.05, 0.1) is 26.4 Å². The Labute approximate surface area is 178 Å². The van der Waals surface area contributed by atoms with Gasteiger partial charge in [0.15, 0.2) is 15.3 Å². The van der Waals surface area contributed by atoms with Gasteiger partial charge in [0.1, 0.15) is 7.30 Å². The second-order valence-corrected chi connectivity index (χ2v) is 27.2. The predicted molar refractivity (Wildman–Crippen MR) is 124 cm³/mol. The Kier molecular flexibility index (Phi) is 9.09. The van der Waals surface area contributed by atoms with Gasteiger partial charge in [-0.2, -0.15) is 13.2 Å². The highest BCUT2D eigenvalue weighted by Crippen LogP contribution is 3.15. The molecule has 0 aromatic heterocycles. The molecule has 1 rings (SSSR count). The first-order valence-electron chi connectivity index (χ1n) is 9.37. The van der Waals surface area contributed by atoms with E-state index in [1.54, 1.807) is 5.19 Å². The zero-order valence-corrected chi connectivity index (χ0v) is 23.1. The van der Waals surface area contributed by atoms with E-state index in [2.05, 4.69) is 82.8 Å². The maximum Gasteiger partial charge on any atom is 0.485 e. The van der Waals surface area contributed by atoms with Crippen molar-refractivity contribution < 1.29 is 26.1 Å². The smallest absolute Gasteiger partial charge is 0.485 e. The normalized spacial score (nSPS) is 28.1. The third kappa shape index (κ3) is 6.82. The van der Waals surface area contributed by atoms with Crippen LogP contribution in [0.1, 0.15) is 76.2 Å². The number of nitrogens with zero attached hydrogens (tertiary/aromatic N) is 1. The fourth-order valence-electron chi connectivity index (χ4n) is 2.96. The van der Waals surface area contributed by atoms with Crippen molar-refractivity contribution in [3.63, 3.8) is 0 Å². The number of aliphatic imine (C=N–C) groups is 1. The van der Waals surface area contributed by atoms with Crippen LogP contribution in [0, 0.1) is 0 Å². The third-order valence-electron chi connectivity index (χ3n) is 4.35. The average molecular weight is 497 g/mol. The van der Waals surface area contributed by atoms with Crippen LogP contribution in [-0.2, 0) is 10.1 Å². The first-order chi connectivity index (χ1) is 12.3. The van der Waals surface area contributed by atoms with E-state index < -0.39 is 22.6 Å². The summed E-state index contributed by atoms with van der Waals surface area (Å²) in [7, 11) is -6.11. The van der Waals surface area contributed by atoms with Crippen molar-refractivity contribution in [1.29, 1.82) is 0 Å². The summed E-state index contributed by atoms with van der Waals surface area (Å²) in [5.41, 5.74) is -5.65. The van der Waals surface area contributed by atoms with E-state index in [9.17, 15) is 13.2 Å². The summed E-state index contributed by atoms with van der Waals surface area (Å²) in [5.74, 6) is 0. The van der Waals surface area contributed by atoms with Crippen molar-refractivity contribution in [3.8, 4) is 0 Å². The molecule has 1 aliphatic heterocycles. The van der Waals surface area contributed by atoms with Crippen molar-refractivity contribution >= 4 is 37.2 Å². The third-order valence-corrected chi connectivity index (χ3v) is 31.8. The summed E-state index contributed by atoms with van der Waals surface area (Å²) in [4.78, 5) is 5.22. The molecule has 0 spiro atoms. The monoisotopic (exact) mass is 497 g/mol. The van der Waals surface area contributed by atoms with Crippen LogP contribution in [0.15, 0.2) is 4.99 Å². The van der Waals surface area contributed by atoms with Gasteiger partial charge in [-0.1, -0.05) is 41.5 Å². The Morgan fingerprint density at radius 1 is 0.931 bits per heavy atom. The highest BCUT2D eigenvalue weighted by Gasteiger charge is 2.75. The second kappa shape index (κ2) is 8.89. The van der Waals surface area contributed by atoms with Gasteiger partial charge in [0.2, 0.25) is 0 Å². The molecular formula is C18H37F3NO3P3S. The highest BCUT2D eigenvalue weighted by atomic mass is 32.5. The minimum Gasteiger partial charge on any atom is -0.741 e. The number of hydrogen-bond donors (Lipinski definition) is 0. The molecule has 0 aliphatic carbocycles. The quantitative estimate of drug-likeness (QED) is 0.212. The van der Waals surface area contributed by atoms with E-state index in [-0.39, 0.29) is 14.9 Å². The average Bonchev–Trinajstić information content (AvgIpc) is 2.35. The molecule has 0 aromatic carbocycles. The number of halogens is 3. The summed E-state index contributed by atoms with van der Waals surface area (Å²) >= 11 is 0. The van der Waals surface area contributed by atoms with Crippen LogP contribution in [0.4, 0.5) is 13.2 Å². The maximum atomic E-state index is 10.7. The molecule has 0 bridgehead atoms. The van der Waals surface area contributed by atoms with Crippen LogP contribution in [0.2, 0.25) is 0 Å². The summed E-state index contributed by atoms with van der Waals surface area (Å²) < 4.78 is 58.9. The molecule has 3 atom stereocenters. The SMILES string of the molecule is CC(C)N=C1P(C(C)(C)C)[P@](C(C)(C)C)[P+]1(C)C(C)(C)C.O=S(=O)([O-])C(F)(F)F. The number of alkyl halides is 3. The zero-order chi connectivity index (χ0) is 24.0. The fraction of sp³-hybridized carbons (Fsp3) is 0.944. The van der Waals surface area contributed by atoms with Gasteiger partial charge in [-0.05, 0) is 39.8 Å². The predicted octanol–water partition coefficient (Wildman–Crippen LogP) is 7.65. The van der Waals surface area contributed by atoms with Gasteiger partial charge >= 0.3 is 5.51 Å². The molecule has 1 heterocycles. The van der Waals surface area contributed by atoms with Gasteiger partial charge in [-0.3, -0.25) is 0 Å². The van der Waals surface area contributed by atoms with E-state index in [1.807, 2.05) is 0 Å². The summed E-state index contributed by atoms with van der Waals surface area (Å²) in [6.45, 7) is 28.2. The van der Waals surface area contributed by atoms with Crippen LogP contribution in [-0.4, -0.2) is 51.8 Å². The fourth-order valence-corrected chi connectivity index (χ4v) is 34.4. The zero-order valence-electron chi connectivity index (χ0n) is 19.6. The molecule has 0 saturated carbocycles. The summed E-state index contributed by atoms with van der Waals surface area (Å²) in [6, 6.07) is 0.436. The number of rotatable bonds is 1. The molecule has 0 radical (unpaired) electrons. The first kappa shape index (κ1) is 29.7. The minimum atomic E-state index is -6.09. The molecule has 4 nitrogen and oxygen atoms in total. The van der Waals surface area contributed by atoms with E-state index in [4.69, 9.17) is 18.0 Å². The molecule has 2 unspecified atom stereocenters. The molecule has 1 saturated heterocycles. The lowest BCUT2D eigenvalue weighted by Gasteiger charge is -2.60. The van der Waals surface area contributed by atoms with Crippen molar-refractivity contribution in [1.82, 2.24) is 0 Å². The van der Waals surface area contributed by atoms with E-state index >= 15 is 0 Å². The molecule has 1 aliphatic rings. The largest absolute Gasteiger partial charge is 0.741 e. The topological polar surface area (TPSA) is 69.6 Å². The standard InChI is InChI=1S/C17H37NP3.CHF3O3S/c1-13(2)18-14-19(15(3,4)5)20(16(6,7)8)21(14,12)17(9,10)11;2-1(3,4)8(5,6)7/h13H,1-12H3;(H,5,6,7)/q+1;/p-1/t19?,20-,21?;/m0./s1. The lowest BCUT2D eigenvalue weighted by Crippen LogP contribution is -2.38. The molecule has 29 heavy (non-hydrogen) atoms. The van der Waals surface area contributed by atoms with E-state index in [0.717, 1.165) is 0 Å². The van der Waals surface area contributed by atoms with Gasteiger partial charge in [0.25, 0.3) is 0 Å². The van der Waals surface area contributed by atoms with Gasteiger partial charge in [0, 0.05) is 11.2 Å². The first-order valence-corrected chi connectivity index (χ1v) is 17.1.